The zero-order chi connectivity index (χ0) is 5.70. The summed E-state index contributed by atoms with van der Waals surface area (Å²) >= 11 is 0. The highest BCUT2D eigenvalue weighted by Crippen LogP contribution is 1.88. The smallest absolute Gasteiger partial charge is 0.422 e. The second kappa shape index (κ2) is 3.40. The molecule has 0 atom stereocenters. The predicted octanol–water partition coefficient (Wildman–Crippen LogP) is 0.994. The number of allylic oxidation sites excluding steroid dienone is 2. The van der Waals surface area contributed by atoms with Gasteiger partial charge in [0.25, 0.3) is 0 Å². The summed E-state index contributed by atoms with van der Waals surface area (Å²) in [5.41, 5.74) is 0. The van der Waals surface area contributed by atoms with Gasteiger partial charge in [-0.05, 0) is 19.9 Å². The monoisotopic (exact) mass is 99.0 g/mol. The van der Waals surface area contributed by atoms with Crippen LogP contribution in [0.3, 0.4) is 0 Å². The van der Waals surface area contributed by atoms with Crippen molar-refractivity contribution in [2.75, 3.05) is 0 Å². The fourth-order valence-electron chi connectivity index (χ4n) is 0.125. The number of carbonyl (C=O) groups excluding carboxylic acids is 1. The van der Waals surface area contributed by atoms with E-state index in [1.165, 1.54) is 6.47 Å². The summed E-state index contributed by atoms with van der Waals surface area (Å²) in [7, 11) is 0. The third-order valence-electron chi connectivity index (χ3n) is 0.609. The lowest BCUT2D eigenvalue weighted by Gasteiger charge is -1.87. The van der Waals surface area contributed by atoms with E-state index >= 15 is 0 Å². The quantitative estimate of drug-likeness (QED) is 0.482. The van der Waals surface area contributed by atoms with Crippen molar-refractivity contribution >= 4 is 6.47 Å². The zero-order valence-electron chi connectivity index (χ0n) is 4.39. The molecule has 0 aromatic carbocycles. The van der Waals surface area contributed by atoms with Crippen molar-refractivity contribution < 1.29 is 9.53 Å². The van der Waals surface area contributed by atoms with Crippen LogP contribution in [0.15, 0.2) is 11.8 Å². The molecule has 0 heterocycles. The van der Waals surface area contributed by atoms with Gasteiger partial charge in [-0.3, -0.25) is 0 Å². The molecule has 0 bridgehead atoms. The molecule has 7 heavy (non-hydrogen) atoms. The van der Waals surface area contributed by atoms with Crippen LogP contribution in [0.25, 0.3) is 0 Å². The standard InChI is InChI=1S/C5H7O2/c1-3-5(2)7-4-6/h3H,1-2H3/b5-3+. The number of hydrogen-bond acceptors (Lipinski definition) is 2. The SMILES string of the molecule is C/C=C(\C)O[C]=O. The Labute approximate surface area is 42.8 Å². The third kappa shape index (κ3) is 3.03. The normalized spacial score (nSPS) is 10.9. The zero-order valence-corrected chi connectivity index (χ0v) is 4.39. The molecule has 2 nitrogen and oxygen atoms in total. The molecule has 0 saturated heterocycles. The third-order valence-corrected chi connectivity index (χ3v) is 0.609. The molecule has 2 heteroatoms. The Morgan fingerprint density at radius 1 is 1.86 bits per heavy atom. The van der Waals surface area contributed by atoms with Gasteiger partial charge < -0.3 is 4.74 Å². The van der Waals surface area contributed by atoms with Crippen LogP contribution >= 0.6 is 0 Å². The van der Waals surface area contributed by atoms with Crippen molar-refractivity contribution in [2.24, 2.45) is 0 Å². The molecule has 0 aliphatic heterocycles. The van der Waals surface area contributed by atoms with Crippen molar-refractivity contribution in [3.63, 3.8) is 0 Å². The first-order valence-corrected chi connectivity index (χ1v) is 1.98. The average Bonchev–Trinajstić information content (AvgIpc) is 1.68. The lowest BCUT2D eigenvalue weighted by molar-refractivity contribution is 0.363. The topological polar surface area (TPSA) is 26.3 Å². The van der Waals surface area contributed by atoms with Crippen LogP contribution in [0, 0.1) is 0 Å². The fraction of sp³-hybridized carbons (Fsp3) is 0.400. The van der Waals surface area contributed by atoms with Gasteiger partial charge in [-0.2, -0.15) is 0 Å². The summed E-state index contributed by atoms with van der Waals surface area (Å²) in [5, 5.41) is 0. The van der Waals surface area contributed by atoms with E-state index in [4.69, 9.17) is 0 Å². The molecule has 0 aliphatic carbocycles. The van der Waals surface area contributed by atoms with Gasteiger partial charge in [-0.25, -0.2) is 4.79 Å². The van der Waals surface area contributed by atoms with E-state index in [0.717, 1.165) is 0 Å². The Morgan fingerprint density at radius 3 is 2.57 bits per heavy atom. The van der Waals surface area contributed by atoms with Gasteiger partial charge in [0.15, 0.2) is 0 Å². The van der Waals surface area contributed by atoms with Crippen molar-refractivity contribution in [1.82, 2.24) is 0 Å². The van der Waals surface area contributed by atoms with E-state index < -0.39 is 0 Å². The van der Waals surface area contributed by atoms with Gasteiger partial charge in [0, 0.05) is 0 Å². The number of hydrogen-bond donors (Lipinski definition) is 0. The van der Waals surface area contributed by atoms with Gasteiger partial charge in [-0.1, -0.05) is 0 Å². The molecule has 0 aromatic heterocycles. The Kier molecular flexibility index (Phi) is 3.02. The van der Waals surface area contributed by atoms with Crippen molar-refractivity contribution in [3.05, 3.63) is 11.8 Å². The summed E-state index contributed by atoms with van der Waals surface area (Å²) in [6, 6.07) is 0. The first-order valence-electron chi connectivity index (χ1n) is 1.98. The summed E-state index contributed by atoms with van der Waals surface area (Å²) in [6.45, 7) is 4.77. The highest BCUT2D eigenvalue weighted by atomic mass is 16.5. The van der Waals surface area contributed by atoms with Gasteiger partial charge >= 0.3 is 6.47 Å². The lowest BCUT2D eigenvalue weighted by Crippen LogP contribution is -1.80. The highest BCUT2D eigenvalue weighted by molar-refractivity contribution is 5.40. The Hall–Kier alpha value is -0.790. The summed E-state index contributed by atoms with van der Waals surface area (Å²) < 4.78 is 4.25. The molecule has 0 N–H and O–H groups in total. The van der Waals surface area contributed by atoms with E-state index in [9.17, 15) is 4.79 Å². The Morgan fingerprint density at radius 2 is 2.43 bits per heavy atom. The lowest BCUT2D eigenvalue weighted by atomic mass is 10.5. The molecular formula is C5H7O2. The molecule has 0 amide bonds. The maximum Gasteiger partial charge on any atom is 0.422 e. The van der Waals surface area contributed by atoms with Crippen molar-refractivity contribution in [2.45, 2.75) is 13.8 Å². The van der Waals surface area contributed by atoms with Crippen LogP contribution in [-0.4, -0.2) is 6.47 Å². The minimum absolute atomic E-state index is 0.579. The van der Waals surface area contributed by atoms with E-state index in [0.29, 0.717) is 5.76 Å². The predicted molar refractivity (Wildman–Crippen MR) is 26.2 cm³/mol. The van der Waals surface area contributed by atoms with E-state index in [1.54, 1.807) is 19.9 Å². The van der Waals surface area contributed by atoms with Crippen LogP contribution in [0.1, 0.15) is 13.8 Å². The molecule has 0 spiro atoms. The van der Waals surface area contributed by atoms with Gasteiger partial charge in [0.2, 0.25) is 0 Å². The largest absolute Gasteiger partial charge is 0.423 e. The minimum Gasteiger partial charge on any atom is -0.423 e. The second-order valence-electron chi connectivity index (χ2n) is 1.08. The molecule has 0 aliphatic rings. The Bertz CT molecular complexity index is 84.1. The van der Waals surface area contributed by atoms with Crippen molar-refractivity contribution in [1.29, 1.82) is 0 Å². The summed E-state index contributed by atoms with van der Waals surface area (Å²) in [4.78, 5) is 9.39. The second-order valence-corrected chi connectivity index (χ2v) is 1.08. The van der Waals surface area contributed by atoms with Crippen LogP contribution in [0.4, 0.5) is 0 Å². The van der Waals surface area contributed by atoms with E-state index in [1.807, 2.05) is 0 Å². The summed E-state index contributed by atoms with van der Waals surface area (Å²) in [5.74, 6) is 0.579. The maximum absolute atomic E-state index is 9.39. The molecule has 39 valence electrons. The van der Waals surface area contributed by atoms with E-state index in [-0.39, 0.29) is 0 Å². The van der Waals surface area contributed by atoms with Crippen LogP contribution in [-0.2, 0) is 9.53 Å². The van der Waals surface area contributed by atoms with Crippen LogP contribution in [0.2, 0.25) is 0 Å². The molecule has 0 aromatic rings. The molecular weight excluding hydrogens is 92.1 g/mol. The maximum atomic E-state index is 9.39. The number of rotatable bonds is 2. The number of ether oxygens (including phenoxy) is 1. The van der Waals surface area contributed by atoms with Crippen molar-refractivity contribution in [3.8, 4) is 0 Å². The molecule has 0 rings (SSSR count). The van der Waals surface area contributed by atoms with Gasteiger partial charge in [-0.15, -0.1) is 0 Å². The first-order chi connectivity index (χ1) is 3.31. The molecule has 1 radical (unpaired) electrons. The van der Waals surface area contributed by atoms with Gasteiger partial charge in [0.1, 0.15) is 5.76 Å². The van der Waals surface area contributed by atoms with Gasteiger partial charge in [0.05, 0.1) is 0 Å². The minimum atomic E-state index is 0.579. The fourth-order valence-corrected chi connectivity index (χ4v) is 0.125. The molecule has 0 saturated carbocycles. The highest BCUT2D eigenvalue weighted by Gasteiger charge is 1.80. The van der Waals surface area contributed by atoms with Crippen LogP contribution < -0.4 is 0 Å². The molecule has 0 unspecified atom stereocenters. The summed E-state index contributed by atoms with van der Waals surface area (Å²) in [6.07, 6.45) is 1.69. The van der Waals surface area contributed by atoms with Crippen LogP contribution in [0.5, 0.6) is 0 Å². The first kappa shape index (κ1) is 6.21. The average molecular weight is 99.1 g/mol. The van der Waals surface area contributed by atoms with E-state index in [2.05, 4.69) is 4.74 Å². The molecule has 0 fully saturated rings. The Balaban J connectivity index is 3.36.